The van der Waals surface area contributed by atoms with Crippen LogP contribution in [-0.2, 0) is 16.2 Å². The van der Waals surface area contributed by atoms with E-state index >= 15 is 0 Å². The molecule has 148 valence electrons. The summed E-state index contributed by atoms with van der Waals surface area (Å²) in [7, 11) is 0. The molecule has 0 radical (unpaired) electrons. The molecule has 2 heteroatoms. The monoisotopic (exact) mass is 366 g/mol. The lowest BCUT2D eigenvalue weighted by Crippen LogP contribution is -2.21. The third-order valence-electron chi connectivity index (χ3n) is 5.65. The molecular formula is C25H38N2. The lowest BCUT2D eigenvalue weighted by atomic mass is 9.78. The maximum Gasteiger partial charge on any atom is 0.133 e. The molecule has 0 saturated heterocycles. The van der Waals surface area contributed by atoms with E-state index in [4.69, 9.17) is 0 Å². The average molecular weight is 367 g/mol. The molecule has 1 unspecified atom stereocenters. The highest BCUT2D eigenvalue weighted by Crippen LogP contribution is 2.33. The van der Waals surface area contributed by atoms with Crippen LogP contribution in [0.1, 0.15) is 104 Å². The quantitative estimate of drug-likeness (QED) is 0.573. The summed E-state index contributed by atoms with van der Waals surface area (Å²) in [5, 5.41) is 0. The zero-order chi connectivity index (χ0) is 20.5. The predicted octanol–water partition coefficient (Wildman–Crippen LogP) is 6.93. The van der Waals surface area contributed by atoms with Crippen molar-refractivity contribution in [2.45, 2.75) is 97.3 Å². The molecule has 2 rings (SSSR count). The van der Waals surface area contributed by atoms with E-state index in [2.05, 4.69) is 96.5 Å². The second-order valence-electron chi connectivity index (χ2n) is 10.7. The van der Waals surface area contributed by atoms with Gasteiger partial charge in [0.05, 0.1) is 0 Å². The van der Waals surface area contributed by atoms with Gasteiger partial charge >= 0.3 is 0 Å². The molecule has 0 N–H and O–H groups in total. The van der Waals surface area contributed by atoms with E-state index in [0.717, 1.165) is 18.7 Å². The number of aromatic nitrogens is 2. The summed E-state index contributed by atoms with van der Waals surface area (Å²) >= 11 is 0. The van der Waals surface area contributed by atoms with Gasteiger partial charge in [-0.25, -0.2) is 9.97 Å². The minimum absolute atomic E-state index is 0.00357. The van der Waals surface area contributed by atoms with E-state index in [1.807, 2.05) is 12.4 Å². The molecule has 1 heterocycles. The minimum Gasteiger partial charge on any atom is -0.241 e. The van der Waals surface area contributed by atoms with Gasteiger partial charge in [-0.05, 0) is 46.3 Å². The van der Waals surface area contributed by atoms with Gasteiger partial charge in [-0.3, -0.25) is 0 Å². The Morgan fingerprint density at radius 1 is 0.741 bits per heavy atom. The SMILES string of the molecule is CC(CCC(C)(C)c1cnc(C(C)(C)C)nc1)c1ccc(C(C)(C)C)cc1. The zero-order valence-corrected chi connectivity index (χ0v) is 18.9. The Morgan fingerprint density at radius 3 is 1.70 bits per heavy atom. The Hall–Kier alpha value is -1.70. The fraction of sp³-hybridized carbons (Fsp3) is 0.600. The van der Waals surface area contributed by atoms with Gasteiger partial charge < -0.3 is 0 Å². The molecule has 0 aliphatic heterocycles. The van der Waals surface area contributed by atoms with Crippen molar-refractivity contribution in [3.05, 3.63) is 59.2 Å². The molecule has 0 fully saturated rings. The van der Waals surface area contributed by atoms with Gasteiger partial charge in [-0.1, -0.05) is 86.6 Å². The zero-order valence-electron chi connectivity index (χ0n) is 18.9. The molecule has 2 aromatic rings. The molecule has 0 bridgehead atoms. The van der Waals surface area contributed by atoms with Gasteiger partial charge in [-0.15, -0.1) is 0 Å². The van der Waals surface area contributed by atoms with E-state index in [1.54, 1.807) is 0 Å². The fourth-order valence-corrected chi connectivity index (χ4v) is 3.26. The molecule has 1 aromatic carbocycles. The average Bonchev–Trinajstić information content (AvgIpc) is 2.58. The lowest BCUT2D eigenvalue weighted by molar-refractivity contribution is 0.434. The molecule has 1 atom stereocenters. The van der Waals surface area contributed by atoms with Crippen molar-refractivity contribution < 1.29 is 0 Å². The number of hydrogen-bond acceptors (Lipinski definition) is 2. The van der Waals surface area contributed by atoms with Crippen LogP contribution >= 0.6 is 0 Å². The summed E-state index contributed by atoms with van der Waals surface area (Å²) in [5.41, 5.74) is 4.34. The van der Waals surface area contributed by atoms with E-state index in [1.165, 1.54) is 16.7 Å². The summed E-state index contributed by atoms with van der Waals surface area (Å²) in [5.74, 6) is 1.46. The van der Waals surface area contributed by atoms with Crippen molar-refractivity contribution in [1.29, 1.82) is 0 Å². The standard InChI is InChI=1S/C25H38N2/c1-18(19-10-12-20(13-11-19)23(2,3)4)14-15-25(8,9)21-16-26-22(27-17-21)24(5,6)7/h10-13,16-18H,14-15H2,1-9H3. The summed E-state index contributed by atoms with van der Waals surface area (Å²) in [6.45, 7) is 20.2. The first-order valence-corrected chi connectivity index (χ1v) is 10.2. The van der Waals surface area contributed by atoms with Crippen molar-refractivity contribution in [3.63, 3.8) is 0 Å². The Balaban J connectivity index is 2.03. The largest absolute Gasteiger partial charge is 0.241 e. The summed E-state index contributed by atoms with van der Waals surface area (Å²) < 4.78 is 0. The Morgan fingerprint density at radius 2 is 1.26 bits per heavy atom. The topological polar surface area (TPSA) is 25.8 Å². The molecule has 0 saturated carbocycles. The van der Waals surface area contributed by atoms with E-state index in [0.29, 0.717) is 5.92 Å². The molecule has 0 aliphatic carbocycles. The Labute approximate surface area is 166 Å². The van der Waals surface area contributed by atoms with Gasteiger partial charge in [0, 0.05) is 17.8 Å². The van der Waals surface area contributed by atoms with Crippen LogP contribution in [0.3, 0.4) is 0 Å². The maximum atomic E-state index is 4.62. The summed E-state index contributed by atoms with van der Waals surface area (Å²) in [4.78, 5) is 9.25. The van der Waals surface area contributed by atoms with Crippen molar-refractivity contribution in [3.8, 4) is 0 Å². The van der Waals surface area contributed by atoms with Crippen LogP contribution < -0.4 is 0 Å². The van der Waals surface area contributed by atoms with Crippen LogP contribution in [0.5, 0.6) is 0 Å². The number of nitrogens with zero attached hydrogens (tertiary/aromatic N) is 2. The van der Waals surface area contributed by atoms with Crippen LogP contribution in [0.15, 0.2) is 36.7 Å². The highest BCUT2D eigenvalue weighted by Gasteiger charge is 2.24. The fourth-order valence-electron chi connectivity index (χ4n) is 3.26. The van der Waals surface area contributed by atoms with Crippen molar-refractivity contribution in [2.24, 2.45) is 0 Å². The smallest absolute Gasteiger partial charge is 0.133 e. The molecular weight excluding hydrogens is 328 g/mol. The second-order valence-corrected chi connectivity index (χ2v) is 10.7. The number of hydrogen-bond donors (Lipinski definition) is 0. The summed E-state index contributed by atoms with van der Waals surface area (Å²) in [6, 6.07) is 9.19. The van der Waals surface area contributed by atoms with E-state index < -0.39 is 0 Å². The normalized spacial score (nSPS) is 14.3. The third-order valence-corrected chi connectivity index (χ3v) is 5.65. The second kappa shape index (κ2) is 7.73. The summed E-state index contributed by atoms with van der Waals surface area (Å²) in [6.07, 6.45) is 6.32. The van der Waals surface area contributed by atoms with Crippen molar-refractivity contribution in [2.75, 3.05) is 0 Å². The molecule has 0 spiro atoms. The highest BCUT2D eigenvalue weighted by atomic mass is 14.9. The maximum absolute atomic E-state index is 4.62. The van der Waals surface area contributed by atoms with Crippen molar-refractivity contribution in [1.82, 2.24) is 9.97 Å². The molecule has 0 amide bonds. The van der Waals surface area contributed by atoms with Gasteiger partial charge in [0.1, 0.15) is 5.82 Å². The van der Waals surface area contributed by atoms with Crippen LogP contribution in [0.25, 0.3) is 0 Å². The first-order valence-electron chi connectivity index (χ1n) is 10.2. The highest BCUT2D eigenvalue weighted by molar-refractivity contribution is 5.29. The molecule has 27 heavy (non-hydrogen) atoms. The first-order chi connectivity index (χ1) is 12.3. The van der Waals surface area contributed by atoms with Crippen LogP contribution in [0, 0.1) is 0 Å². The van der Waals surface area contributed by atoms with Gasteiger partial charge in [0.2, 0.25) is 0 Å². The molecule has 2 nitrogen and oxygen atoms in total. The van der Waals surface area contributed by atoms with Gasteiger partial charge in [0.15, 0.2) is 0 Å². The Kier molecular flexibility index (Phi) is 6.19. The van der Waals surface area contributed by atoms with Crippen LogP contribution in [0.4, 0.5) is 0 Å². The predicted molar refractivity (Wildman–Crippen MR) is 117 cm³/mol. The minimum atomic E-state index is -0.00357. The van der Waals surface area contributed by atoms with Crippen molar-refractivity contribution >= 4 is 0 Å². The number of benzene rings is 1. The van der Waals surface area contributed by atoms with Gasteiger partial charge in [-0.2, -0.15) is 0 Å². The first kappa shape index (κ1) is 21.6. The van der Waals surface area contributed by atoms with E-state index in [-0.39, 0.29) is 16.2 Å². The van der Waals surface area contributed by atoms with Gasteiger partial charge in [0.25, 0.3) is 0 Å². The lowest BCUT2D eigenvalue weighted by Gasteiger charge is -2.27. The Bertz CT molecular complexity index is 726. The van der Waals surface area contributed by atoms with Crippen LogP contribution in [-0.4, -0.2) is 9.97 Å². The molecule has 0 aliphatic rings. The molecule has 1 aromatic heterocycles. The van der Waals surface area contributed by atoms with E-state index in [9.17, 15) is 0 Å². The van der Waals surface area contributed by atoms with Crippen LogP contribution in [0.2, 0.25) is 0 Å². The third kappa shape index (κ3) is 5.64. The number of rotatable bonds is 5.